The van der Waals surface area contributed by atoms with E-state index >= 15 is 0 Å². The van der Waals surface area contributed by atoms with Gasteiger partial charge in [0.1, 0.15) is 18.7 Å². The second-order valence-corrected chi connectivity index (χ2v) is 15.3. The van der Waals surface area contributed by atoms with Crippen molar-refractivity contribution in [1.82, 2.24) is 20.3 Å². The molecule has 5 rings (SSSR count). The standard InChI is InChI=1S/C31H38BrN6O2P/c1-7-20-14-26(28(40-4)15-23(20)21-12-18(2)35-19(3)13-21)37-31-34-16-24(32)30(38-31)36-27-17-33-25-11-9-8-10-22(25)29(27)41(5,6)39/h8-11,14-19,21,35H,7,12-13H2,1-6H3,(H2,34,36,37,38)/t18-,19+,21?. The number of aryl methyl sites for hydroxylation is 1. The van der Waals surface area contributed by atoms with Gasteiger partial charge < -0.3 is 25.3 Å². The van der Waals surface area contributed by atoms with E-state index in [0.29, 0.717) is 39.9 Å². The summed E-state index contributed by atoms with van der Waals surface area (Å²) in [5, 5.41) is 12.0. The summed E-state index contributed by atoms with van der Waals surface area (Å²) in [6, 6.07) is 13.1. The Balaban J connectivity index is 1.48. The van der Waals surface area contributed by atoms with Crippen LogP contribution in [0, 0.1) is 0 Å². The van der Waals surface area contributed by atoms with E-state index in [2.05, 4.69) is 74.8 Å². The van der Waals surface area contributed by atoms with Gasteiger partial charge in [-0.15, -0.1) is 0 Å². The molecule has 0 amide bonds. The van der Waals surface area contributed by atoms with Crippen molar-refractivity contribution in [2.45, 2.75) is 58.0 Å². The van der Waals surface area contributed by atoms with Gasteiger partial charge in [-0.05, 0) is 97.6 Å². The molecule has 2 aromatic carbocycles. The van der Waals surface area contributed by atoms with Gasteiger partial charge >= 0.3 is 0 Å². The lowest BCUT2D eigenvalue weighted by atomic mass is 9.81. The number of benzene rings is 2. The summed E-state index contributed by atoms with van der Waals surface area (Å²) in [5.74, 6) is 2.20. The first-order valence-corrected chi connectivity index (χ1v) is 17.4. The Kier molecular flexibility index (Phi) is 8.69. The summed E-state index contributed by atoms with van der Waals surface area (Å²) in [5.41, 5.74) is 4.92. The molecule has 216 valence electrons. The molecule has 2 aromatic heterocycles. The fourth-order valence-corrected chi connectivity index (χ4v) is 7.73. The summed E-state index contributed by atoms with van der Waals surface area (Å²) in [7, 11) is -0.966. The Morgan fingerprint density at radius 2 is 1.78 bits per heavy atom. The van der Waals surface area contributed by atoms with Crippen LogP contribution in [-0.2, 0) is 11.0 Å². The Morgan fingerprint density at radius 1 is 1.05 bits per heavy atom. The summed E-state index contributed by atoms with van der Waals surface area (Å²) >= 11 is 3.58. The molecule has 3 atom stereocenters. The first kappa shape index (κ1) is 29.5. The molecule has 3 heterocycles. The van der Waals surface area contributed by atoms with Crippen molar-refractivity contribution in [1.29, 1.82) is 0 Å². The van der Waals surface area contributed by atoms with Crippen LogP contribution in [0.2, 0.25) is 0 Å². The first-order chi connectivity index (χ1) is 19.6. The van der Waals surface area contributed by atoms with Gasteiger partial charge in [0.25, 0.3) is 0 Å². The van der Waals surface area contributed by atoms with Crippen LogP contribution in [-0.4, -0.2) is 47.5 Å². The number of fused-ring (bicyclic) bond motifs is 1. The van der Waals surface area contributed by atoms with Gasteiger partial charge in [0, 0.05) is 29.0 Å². The van der Waals surface area contributed by atoms with Gasteiger partial charge in [-0.3, -0.25) is 4.98 Å². The third-order valence-electron chi connectivity index (χ3n) is 7.66. The van der Waals surface area contributed by atoms with E-state index in [1.165, 1.54) is 11.1 Å². The highest BCUT2D eigenvalue weighted by Crippen LogP contribution is 2.42. The molecule has 41 heavy (non-hydrogen) atoms. The topological polar surface area (TPSA) is 101 Å². The number of nitrogens with zero attached hydrogens (tertiary/aromatic N) is 3. The number of nitrogens with one attached hydrogen (secondary N) is 3. The monoisotopic (exact) mass is 636 g/mol. The molecule has 3 N–H and O–H groups in total. The normalized spacial score (nSPS) is 19.2. The van der Waals surface area contributed by atoms with Crippen LogP contribution >= 0.6 is 23.1 Å². The Bertz CT molecular complexity index is 1610. The molecule has 0 saturated carbocycles. The van der Waals surface area contributed by atoms with Crippen LogP contribution < -0.4 is 26.0 Å². The average molecular weight is 638 g/mol. The van der Waals surface area contributed by atoms with E-state index in [9.17, 15) is 4.57 Å². The van der Waals surface area contributed by atoms with Crippen LogP contribution in [0.5, 0.6) is 5.75 Å². The molecule has 4 aromatic rings. The number of hydrogen-bond acceptors (Lipinski definition) is 8. The van der Waals surface area contributed by atoms with Gasteiger partial charge in [0.15, 0.2) is 0 Å². The van der Waals surface area contributed by atoms with Crippen LogP contribution in [0.25, 0.3) is 10.9 Å². The van der Waals surface area contributed by atoms with E-state index in [4.69, 9.17) is 9.72 Å². The zero-order valence-corrected chi connectivity index (χ0v) is 26.9. The molecular formula is C31H38BrN6O2P. The van der Waals surface area contributed by atoms with Crippen molar-refractivity contribution in [2.75, 3.05) is 31.1 Å². The van der Waals surface area contributed by atoms with Crippen LogP contribution in [0.3, 0.4) is 0 Å². The minimum atomic E-state index is -2.66. The van der Waals surface area contributed by atoms with Crippen LogP contribution in [0.1, 0.15) is 50.7 Å². The maximum absolute atomic E-state index is 13.4. The SMILES string of the molecule is CCc1cc(Nc2ncc(Br)c(Nc3cnc4ccccc4c3P(C)(C)=O)n2)c(OC)cc1C1C[C@@H](C)N[C@@H](C)C1. The van der Waals surface area contributed by atoms with Crippen molar-refractivity contribution < 1.29 is 9.30 Å². The molecular weight excluding hydrogens is 599 g/mol. The highest BCUT2D eigenvalue weighted by atomic mass is 79.9. The maximum Gasteiger partial charge on any atom is 0.229 e. The largest absolute Gasteiger partial charge is 0.495 e. The minimum absolute atomic E-state index is 0.416. The quantitative estimate of drug-likeness (QED) is 0.173. The number of anilines is 4. The Morgan fingerprint density at radius 3 is 2.46 bits per heavy atom. The van der Waals surface area contributed by atoms with Crippen molar-refractivity contribution in [3.8, 4) is 5.75 Å². The number of piperidine rings is 1. The lowest BCUT2D eigenvalue weighted by molar-refractivity contribution is 0.315. The molecule has 0 aliphatic carbocycles. The highest BCUT2D eigenvalue weighted by molar-refractivity contribution is 9.10. The lowest BCUT2D eigenvalue weighted by Gasteiger charge is -2.34. The van der Waals surface area contributed by atoms with Crippen molar-refractivity contribution in [3.05, 3.63) is 64.4 Å². The zero-order chi connectivity index (χ0) is 29.3. The third kappa shape index (κ3) is 6.42. The number of pyridine rings is 1. The summed E-state index contributed by atoms with van der Waals surface area (Å²) < 4.78 is 19.9. The first-order valence-electron chi connectivity index (χ1n) is 14.0. The predicted molar refractivity (Wildman–Crippen MR) is 174 cm³/mol. The number of rotatable bonds is 8. The lowest BCUT2D eigenvalue weighted by Crippen LogP contribution is -2.41. The van der Waals surface area contributed by atoms with E-state index in [1.807, 2.05) is 24.3 Å². The van der Waals surface area contributed by atoms with Gasteiger partial charge in [-0.1, -0.05) is 25.1 Å². The molecule has 1 aliphatic rings. The molecule has 0 radical (unpaired) electrons. The van der Waals surface area contributed by atoms with Gasteiger partial charge in [-0.25, -0.2) is 4.98 Å². The van der Waals surface area contributed by atoms with Gasteiger partial charge in [-0.2, -0.15) is 4.98 Å². The molecule has 0 spiro atoms. The fourth-order valence-electron chi connectivity index (χ4n) is 5.98. The zero-order valence-electron chi connectivity index (χ0n) is 24.5. The number of hydrogen-bond donors (Lipinski definition) is 3. The van der Waals surface area contributed by atoms with Crippen LogP contribution in [0.4, 0.5) is 23.1 Å². The van der Waals surface area contributed by atoms with Crippen molar-refractivity contribution in [3.63, 3.8) is 0 Å². The van der Waals surface area contributed by atoms with E-state index < -0.39 is 7.14 Å². The molecule has 1 aliphatic heterocycles. The number of methoxy groups -OCH3 is 1. The molecule has 1 fully saturated rings. The van der Waals surface area contributed by atoms with E-state index in [-0.39, 0.29) is 0 Å². The number of ether oxygens (including phenoxy) is 1. The number of para-hydroxylation sites is 1. The summed E-state index contributed by atoms with van der Waals surface area (Å²) in [6.45, 7) is 10.3. The Hall–Kier alpha value is -3.00. The third-order valence-corrected chi connectivity index (χ3v) is 9.80. The average Bonchev–Trinajstić information content (AvgIpc) is 2.93. The van der Waals surface area contributed by atoms with E-state index in [0.717, 1.165) is 46.9 Å². The van der Waals surface area contributed by atoms with Gasteiger partial charge in [0.2, 0.25) is 5.95 Å². The van der Waals surface area contributed by atoms with Crippen LogP contribution in [0.15, 0.2) is 53.3 Å². The molecule has 0 bridgehead atoms. The maximum atomic E-state index is 13.4. The fraction of sp³-hybridized carbons (Fsp3) is 0.387. The highest BCUT2D eigenvalue weighted by Gasteiger charge is 2.27. The number of halogens is 1. The molecule has 1 unspecified atom stereocenters. The van der Waals surface area contributed by atoms with Crippen molar-refractivity contribution >= 4 is 62.4 Å². The molecule has 10 heteroatoms. The molecule has 1 saturated heterocycles. The van der Waals surface area contributed by atoms with Gasteiger partial charge in [0.05, 0.1) is 34.7 Å². The van der Waals surface area contributed by atoms with E-state index in [1.54, 1.807) is 32.8 Å². The molecule has 8 nitrogen and oxygen atoms in total. The summed E-state index contributed by atoms with van der Waals surface area (Å²) in [4.78, 5) is 13.9. The van der Waals surface area contributed by atoms with Crippen molar-refractivity contribution in [2.24, 2.45) is 0 Å². The predicted octanol–water partition coefficient (Wildman–Crippen LogP) is 7.34. The summed E-state index contributed by atoms with van der Waals surface area (Å²) in [6.07, 6.45) is 6.54. The smallest absolute Gasteiger partial charge is 0.229 e. The number of aromatic nitrogens is 3. The minimum Gasteiger partial charge on any atom is -0.495 e. The second-order valence-electron chi connectivity index (χ2n) is 11.3. The Labute approximate surface area is 250 Å². The second kappa shape index (κ2) is 12.1.